The maximum atomic E-state index is 12.0. The molecule has 24 heavy (non-hydrogen) atoms. The van der Waals surface area contributed by atoms with E-state index in [1.807, 2.05) is 30.0 Å². The van der Waals surface area contributed by atoms with Crippen LogP contribution in [-0.2, 0) is 4.79 Å². The first-order valence-corrected chi connectivity index (χ1v) is 7.89. The smallest absolute Gasteiger partial charge is 0.317 e. The second-order valence-corrected chi connectivity index (χ2v) is 5.82. The van der Waals surface area contributed by atoms with Crippen LogP contribution in [0.5, 0.6) is 0 Å². The molecule has 2 aromatic rings. The highest BCUT2D eigenvalue weighted by molar-refractivity contribution is 5.76. The van der Waals surface area contributed by atoms with Gasteiger partial charge < -0.3 is 24.6 Å². The van der Waals surface area contributed by atoms with Gasteiger partial charge in [-0.15, -0.1) is 0 Å². The first-order chi connectivity index (χ1) is 11.5. The molecule has 2 heterocycles. The molecule has 0 unspecified atom stereocenters. The molecule has 0 atom stereocenters. The van der Waals surface area contributed by atoms with Crippen molar-refractivity contribution in [1.82, 2.24) is 15.2 Å². The lowest BCUT2D eigenvalue weighted by Crippen LogP contribution is -2.52. The van der Waals surface area contributed by atoms with Gasteiger partial charge in [-0.2, -0.15) is 4.98 Å². The number of carboxylic acids is 1. The number of aryl methyl sites for hydroxylation is 1. The van der Waals surface area contributed by atoms with Crippen molar-refractivity contribution in [2.75, 3.05) is 37.6 Å². The first-order valence-electron chi connectivity index (χ1n) is 7.89. The van der Waals surface area contributed by atoms with Crippen LogP contribution in [0.3, 0.4) is 0 Å². The van der Waals surface area contributed by atoms with Gasteiger partial charge >= 0.3 is 12.0 Å². The largest absolute Gasteiger partial charge is 0.481 e. The minimum Gasteiger partial charge on any atom is -0.481 e. The fraction of sp³-hybridized carbons (Fsp3) is 0.438. The van der Waals surface area contributed by atoms with Gasteiger partial charge in [-0.3, -0.25) is 4.79 Å². The first kappa shape index (κ1) is 16.1. The number of carboxylic acid groups (broad SMARTS) is 1. The Morgan fingerprint density at radius 3 is 2.75 bits per heavy atom. The zero-order chi connectivity index (χ0) is 17.1. The summed E-state index contributed by atoms with van der Waals surface area (Å²) in [6.07, 6.45) is -0.0754. The minimum atomic E-state index is -0.925. The van der Waals surface area contributed by atoms with E-state index in [0.717, 1.165) is 16.7 Å². The summed E-state index contributed by atoms with van der Waals surface area (Å²) in [6.45, 7) is 4.47. The number of fused-ring (bicyclic) bond motifs is 1. The van der Waals surface area contributed by atoms with Gasteiger partial charge in [0.05, 0.1) is 6.42 Å². The molecule has 0 spiro atoms. The van der Waals surface area contributed by atoms with Crippen molar-refractivity contribution in [3.8, 4) is 0 Å². The van der Waals surface area contributed by atoms with Crippen LogP contribution in [0.15, 0.2) is 22.6 Å². The van der Waals surface area contributed by atoms with E-state index in [1.54, 1.807) is 4.90 Å². The lowest BCUT2D eigenvalue weighted by Gasteiger charge is -2.33. The van der Waals surface area contributed by atoms with Gasteiger partial charge in [0.25, 0.3) is 6.01 Å². The number of rotatable bonds is 4. The molecular formula is C16H20N4O4. The van der Waals surface area contributed by atoms with Gasteiger partial charge in [0.2, 0.25) is 0 Å². The van der Waals surface area contributed by atoms with Crippen LogP contribution in [0.25, 0.3) is 11.1 Å². The van der Waals surface area contributed by atoms with Crippen LogP contribution in [0, 0.1) is 6.92 Å². The number of piperazine rings is 1. The zero-order valence-corrected chi connectivity index (χ0v) is 13.5. The minimum absolute atomic E-state index is 0.0754. The summed E-state index contributed by atoms with van der Waals surface area (Å²) in [5.74, 6) is -0.925. The molecular weight excluding hydrogens is 312 g/mol. The predicted molar refractivity (Wildman–Crippen MR) is 88.2 cm³/mol. The molecule has 1 saturated heterocycles. The van der Waals surface area contributed by atoms with Crippen molar-refractivity contribution in [2.45, 2.75) is 13.3 Å². The lowest BCUT2D eigenvalue weighted by molar-refractivity contribution is -0.136. The van der Waals surface area contributed by atoms with Crippen LogP contribution >= 0.6 is 0 Å². The third-order valence-electron chi connectivity index (χ3n) is 3.98. The van der Waals surface area contributed by atoms with E-state index < -0.39 is 5.97 Å². The number of aliphatic carboxylic acids is 1. The molecule has 2 N–H and O–H groups in total. The fourth-order valence-corrected chi connectivity index (χ4v) is 2.65. The quantitative estimate of drug-likeness (QED) is 0.879. The van der Waals surface area contributed by atoms with Crippen molar-refractivity contribution in [3.05, 3.63) is 23.8 Å². The Bertz CT molecular complexity index is 750. The van der Waals surface area contributed by atoms with Gasteiger partial charge in [-0.25, -0.2) is 4.79 Å². The van der Waals surface area contributed by atoms with Crippen molar-refractivity contribution < 1.29 is 19.1 Å². The fourth-order valence-electron chi connectivity index (χ4n) is 2.65. The highest BCUT2D eigenvalue weighted by atomic mass is 16.4. The van der Waals surface area contributed by atoms with E-state index in [9.17, 15) is 9.59 Å². The zero-order valence-electron chi connectivity index (χ0n) is 13.5. The summed E-state index contributed by atoms with van der Waals surface area (Å²) in [5, 5.41) is 11.2. The second-order valence-electron chi connectivity index (χ2n) is 5.82. The van der Waals surface area contributed by atoms with Crippen molar-refractivity contribution >= 4 is 29.1 Å². The van der Waals surface area contributed by atoms with Gasteiger partial charge in [0, 0.05) is 32.7 Å². The van der Waals surface area contributed by atoms with Crippen LogP contribution in [0.1, 0.15) is 12.0 Å². The Morgan fingerprint density at radius 1 is 1.29 bits per heavy atom. The number of amides is 2. The molecule has 0 radical (unpaired) electrons. The summed E-state index contributed by atoms with van der Waals surface area (Å²) < 4.78 is 5.78. The van der Waals surface area contributed by atoms with Gasteiger partial charge in [-0.1, -0.05) is 6.07 Å². The van der Waals surface area contributed by atoms with Crippen molar-refractivity contribution in [3.63, 3.8) is 0 Å². The monoisotopic (exact) mass is 332 g/mol. The van der Waals surface area contributed by atoms with Crippen LogP contribution < -0.4 is 10.2 Å². The Balaban J connectivity index is 1.56. The number of hydrogen-bond donors (Lipinski definition) is 2. The average Bonchev–Trinajstić information content (AvgIpc) is 2.97. The number of nitrogens with one attached hydrogen (secondary N) is 1. The van der Waals surface area contributed by atoms with Crippen molar-refractivity contribution in [1.29, 1.82) is 0 Å². The number of benzene rings is 1. The standard InChI is InChI=1S/C16H20N4O4/c1-11-2-3-13-12(10-11)18-16(24-13)20-8-6-19(7-9-20)15(23)17-5-4-14(21)22/h2-3,10H,4-9H2,1H3,(H,17,23)(H,21,22). The van der Waals surface area contributed by atoms with Crippen LogP contribution in [0.2, 0.25) is 0 Å². The van der Waals surface area contributed by atoms with Gasteiger partial charge in [-0.05, 0) is 24.6 Å². The average molecular weight is 332 g/mol. The number of hydrogen-bond acceptors (Lipinski definition) is 5. The maximum absolute atomic E-state index is 12.0. The Labute approximate surface area is 139 Å². The summed E-state index contributed by atoms with van der Waals surface area (Å²) in [5.41, 5.74) is 2.72. The number of carbonyl (C=O) groups excluding carboxylic acids is 1. The van der Waals surface area contributed by atoms with Crippen molar-refractivity contribution in [2.24, 2.45) is 0 Å². The van der Waals surface area contributed by atoms with Crippen LogP contribution in [-0.4, -0.2) is 59.7 Å². The normalized spacial score (nSPS) is 14.9. The summed E-state index contributed by atoms with van der Waals surface area (Å²) >= 11 is 0. The number of carbonyl (C=O) groups is 2. The molecule has 0 saturated carbocycles. The topological polar surface area (TPSA) is 98.9 Å². The Hall–Kier alpha value is -2.77. The highest BCUT2D eigenvalue weighted by Crippen LogP contribution is 2.23. The Morgan fingerprint density at radius 2 is 2.04 bits per heavy atom. The number of oxazole rings is 1. The van der Waals surface area contributed by atoms with E-state index in [4.69, 9.17) is 9.52 Å². The molecule has 128 valence electrons. The van der Waals surface area contributed by atoms with Gasteiger partial charge in [0.15, 0.2) is 5.58 Å². The molecule has 1 aromatic carbocycles. The SMILES string of the molecule is Cc1ccc2oc(N3CCN(C(=O)NCCC(=O)O)CC3)nc2c1. The van der Waals surface area contributed by atoms with E-state index in [2.05, 4.69) is 10.3 Å². The van der Waals surface area contributed by atoms with Crippen LogP contribution in [0.4, 0.5) is 10.8 Å². The molecule has 0 aliphatic carbocycles. The third-order valence-corrected chi connectivity index (χ3v) is 3.98. The molecule has 8 heteroatoms. The van der Waals surface area contributed by atoms with E-state index in [0.29, 0.717) is 32.2 Å². The molecule has 8 nitrogen and oxygen atoms in total. The number of nitrogens with zero attached hydrogens (tertiary/aromatic N) is 3. The third kappa shape index (κ3) is 3.58. The predicted octanol–water partition coefficient (Wildman–Crippen LogP) is 1.44. The molecule has 2 amide bonds. The highest BCUT2D eigenvalue weighted by Gasteiger charge is 2.24. The Kier molecular flexibility index (Phi) is 4.54. The maximum Gasteiger partial charge on any atom is 0.317 e. The van der Waals surface area contributed by atoms with E-state index in [1.165, 1.54) is 0 Å². The molecule has 1 aliphatic rings. The molecule has 0 bridgehead atoms. The van der Waals surface area contributed by atoms with E-state index >= 15 is 0 Å². The van der Waals surface area contributed by atoms with Gasteiger partial charge in [0.1, 0.15) is 5.52 Å². The summed E-state index contributed by atoms with van der Waals surface area (Å²) in [7, 11) is 0. The van der Waals surface area contributed by atoms with E-state index in [-0.39, 0.29) is 19.0 Å². The summed E-state index contributed by atoms with van der Waals surface area (Å²) in [6, 6.07) is 6.21. The molecule has 1 aromatic heterocycles. The lowest BCUT2D eigenvalue weighted by atomic mass is 10.2. The molecule has 3 rings (SSSR count). The second kappa shape index (κ2) is 6.77. The number of aromatic nitrogens is 1. The summed E-state index contributed by atoms with van der Waals surface area (Å²) in [4.78, 5) is 30.6. The molecule has 1 aliphatic heterocycles. The number of anilines is 1. The molecule has 1 fully saturated rings. The number of urea groups is 1.